The van der Waals surface area contributed by atoms with Crippen molar-refractivity contribution < 1.29 is 0 Å². The molecule has 0 N–H and O–H groups in total. The van der Waals surface area contributed by atoms with Crippen LogP contribution in [0.4, 0.5) is 0 Å². The number of benzene rings is 1. The van der Waals surface area contributed by atoms with Crippen molar-refractivity contribution in [2.24, 2.45) is 0 Å². The summed E-state index contributed by atoms with van der Waals surface area (Å²) in [5.74, 6) is 0. The van der Waals surface area contributed by atoms with Crippen molar-refractivity contribution in [1.82, 2.24) is 9.97 Å². The number of hydrogen-bond acceptors (Lipinski definition) is 2. The summed E-state index contributed by atoms with van der Waals surface area (Å²) in [5, 5.41) is 2.29. The second-order valence-corrected chi connectivity index (χ2v) is 2.37. The van der Waals surface area contributed by atoms with Crippen LogP contribution in [-0.2, 0) is 0 Å². The first kappa shape index (κ1) is 4.39. The minimum Gasteiger partial charge on any atom is -0.255 e. The van der Waals surface area contributed by atoms with Crippen LogP contribution in [0.5, 0.6) is 0 Å². The first-order valence-corrected chi connectivity index (χ1v) is 3.12. The van der Waals surface area contributed by atoms with Crippen LogP contribution in [0.2, 0.25) is 0 Å². The molecule has 2 aromatic heterocycles. The van der Waals surface area contributed by atoms with E-state index in [4.69, 9.17) is 0 Å². The maximum absolute atomic E-state index is 4.10. The fraction of sp³-hybridized carbons (Fsp3) is 0. The van der Waals surface area contributed by atoms with Crippen LogP contribution in [-0.4, -0.2) is 9.97 Å². The van der Waals surface area contributed by atoms with Gasteiger partial charge in [-0.15, -0.1) is 0 Å². The molecule has 0 aliphatic rings. The van der Waals surface area contributed by atoms with Gasteiger partial charge < -0.3 is 0 Å². The van der Waals surface area contributed by atoms with Crippen molar-refractivity contribution in [3.8, 4) is 0 Å². The first-order chi connectivity index (χ1) is 4.95. The highest BCUT2D eigenvalue weighted by molar-refractivity contribution is 6.06. The highest BCUT2D eigenvalue weighted by Crippen LogP contribution is 2.24. The molecule has 0 aliphatic heterocycles. The van der Waals surface area contributed by atoms with Crippen LogP contribution < -0.4 is 0 Å². The van der Waals surface area contributed by atoms with E-state index in [2.05, 4.69) is 16.0 Å². The summed E-state index contributed by atoms with van der Waals surface area (Å²) in [5.41, 5.74) is 2.09. The van der Waals surface area contributed by atoms with E-state index < -0.39 is 0 Å². The highest BCUT2D eigenvalue weighted by atomic mass is 14.8. The van der Waals surface area contributed by atoms with Crippen LogP contribution in [0, 0.1) is 6.07 Å². The molecule has 0 atom stereocenters. The minimum atomic E-state index is 1.02. The van der Waals surface area contributed by atoms with E-state index in [1.54, 1.807) is 0 Å². The standard InChI is InChI=1S/C8H3N2/c1-2-7-6(4-9-7)8-5(1)3-10-8/h2-4H. The quantitative estimate of drug-likeness (QED) is 0.457. The topological polar surface area (TPSA) is 25.8 Å². The molecule has 0 unspecified atom stereocenters. The zero-order valence-electron chi connectivity index (χ0n) is 5.13. The maximum atomic E-state index is 4.10. The fourth-order valence-electron chi connectivity index (χ4n) is 1.16. The summed E-state index contributed by atoms with van der Waals surface area (Å²) in [4.78, 5) is 8.14. The predicted molar refractivity (Wildman–Crippen MR) is 38.3 cm³/mol. The van der Waals surface area contributed by atoms with Crippen LogP contribution >= 0.6 is 0 Å². The van der Waals surface area contributed by atoms with Gasteiger partial charge in [0.15, 0.2) is 0 Å². The van der Waals surface area contributed by atoms with Gasteiger partial charge in [-0.25, -0.2) is 0 Å². The van der Waals surface area contributed by atoms with Gasteiger partial charge in [0.25, 0.3) is 0 Å². The van der Waals surface area contributed by atoms with Gasteiger partial charge in [0.1, 0.15) is 0 Å². The SMILES string of the molecule is [c]1cc2ncc2c2ncc12. The zero-order chi connectivity index (χ0) is 6.55. The number of nitrogens with zero attached hydrogens (tertiary/aromatic N) is 2. The van der Waals surface area contributed by atoms with Crippen molar-refractivity contribution in [3.63, 3.8) is 0 Å². The lowest BCUT2D eigenvalue weighted by Crippen LogP contribution is -1.90. The summed E-state index contributed by atoms with van der Waals surface area (Å²) < 4.78 is 0. The molecule has 0 amide bonds. The summed E-state index contributed by atoms with van der Waals surface area (Å²) in [6.45, 7) is 0. The molecule has 3 aromatic rings. The minimum absolute atomic E-state index is 1.02. The van der Waals surface area contributed by atoms with Gasteiger partial charge in [0.2, 0.25) is 0 Å². The number of hydrogen-bond donors (Lipinski definition) is 0. The lowest BCUT2D eigenvalue weighted by Gasteiger charge is -2.05. The lowest BCUT2D eigenvalue weighted by atomic mass is 10.1. The van der Waals surface area contributed by atoms with E-state index in [-0.39, 0.29) is 0 Å². The largest absolute Gasteiger partial charge is 0.255 e. The Labute approximate surface area is 57.2 Å². The first-order valence-electron chi connectivity index (χ1n) is 3.12. The average molecular weight is 127 g/mol. The molecule has 2 heteroatoms. The van der Waals surface area contributed by atoms with Crippen LogP contribution in [0.3, 0.4) is 0 Å². The smallest absolute Gasteiger partial charge is 0.0833 e. The summed E-state index contributed by atoms with van der Waals surface area (Å²) >= 11 is 0. The van der Waals surface area contributed by atoms with Gasteiger partial charge in [0.05, 0.1) is 11.0 Å². The molecule has 2 heterocycles. The molecule has 0 bridgehead atoms. The Morgan fingerprint density at radius 1 is 1.20 bits per heavy atom. The molecule has 1 aromatic carbocycles. The van der Waals surface area contributed by atoms with Gasteiger partial charge in [-0.1, -0.05) is 0 Å². The van der Waals surface area contributed by atoms with Crippen molar-refractivity contribution in [2.75, 3.05) is 0 Å². The average Bonchev–Trinajstić information content (AvgIpc) is 1.84. The van der Waals surface area contributed by atoms with E-state index >= 15 is 0 Å². The predicted octanol–water partition coefficient (Wildman–Crippen LogP) is 1.46. The molecule has 0 saturated heterocycles. The van der Waals surface area contributed by atoms with Gasteiger partial charge >= 0.3 is 0 Å². The van der Waals surface area contributed by atoms with Crippen molar-refractivity contribution in [2.45, 2.75) is 0 Å². The Morgan fingerprint density at radius 2 is 2.20 bits per heavy atom. The zero-order valence-corrected chi connectivity index (χ0v) is 5.13. The third-order valence-electron chi connectivity index (χ3n) is 1.81. The fourth-order valence-corrected chi connectivity index (χ4v) is 1.16. The molecular weight excluding hydrogens is 124 g/mol. The van der Waals surface area contributed by atoms with E-state index in [9.17, 15) is 0 Å². The summed E-state index contributed by atoms with van der Waals surface area (Å²) in [6, 6.07) is 4.99. The Balaban J connectivity index is 2.67. The second kappa shape index (κ2) is 1.19. The van der Waals surface area contributed by atoms with Crippen molar-refractivity contribution in [1.29, 1.82) is 0 Å². The van der Waals surface area contributed by atoms with Gasteiger partial charge in [-0.05, 0) is 12.1 Å². The number of rotatable bonds is 0. The van der Waals surface area contributed by atoms with Gasteiger partial charge in [0, 0.05) is 23.2 Å². The van der Waals surface area contributed by atoms with Crippen molar-refractivity contribution >= 4 is 21.8 Å². The Morgan fingerprint density at radius 3 is 2.70 bits per heavy atom. The molecule has 0 saturated carbocycles. The molecule has 0 aliphatic carbocycles. The molecule has 0 spiro atoms. The van der Waals surface area contributed by atoms with Gasteiger partial charge in [-0.2, -0.15) is 0 Å². The molecule has 10 heavy (non-hydrogen) atoms. The van der Waals surface area contributed by atoms with Crippen molar-refractivity contribution in [3.05, 3.63) is 24.5 Å². The van der Waals surface area contributed by atoms with E-state index in [1.165, 1.54) is 5.39 Å². The Bertz CT molecular complexity index is 416. The number of fused-ring (bicyclic) bond motifs is 3. The normalized spacial score (nSPS) is 12.0. The summed E-state index contributed by atoms with van der Waals surface area (Å²) in [7, 11) is 0. The van der Waals surface area contributed by atoms with Gasteiger partial charge in [-0.3, -0.25) is 9.97 Å². The van der Waals surface area contributed by atoms with E-state index in [1.807, 2.05) is 18.5 Å². The van der Waals surface area contributed by atoms with E-state index in [0.29, 0.717) is 0 Å². The maximum Gasteiger partial charge on any atom is 0.0833 e. The van der Waals surface area contributed by atoms with E-state index in [0.717, 1.165) is 16.4 Å². The molecule has 0 fully saturated rings. The second-order valence-electron chi connectivity index (χ2n) is 2.37. The third kappa shape index (κ3) is 0.310. The highest BCUT2D eigenvalue weighted by Gasteiger charge is 2.06. The molecule has 1 radical (unpaired) electrons. The van der Waals surface area contributed by atoms with Crippen LogP contribution in [0.25, 0.3) is 21.8 Å². The Kier molecular flexibility index (Phi) is 0.520. The number of aromatic nitrogens is 2. The van der Waals surface area contributed by atoms with Crippen LogP contribution in [0.1, 0.15) is 0 Å². The molecule has 3 rings (SSSR count). The lowest BCUT2D eigenvalue weighted by molar-refractivity contribution is 1.35. The Hall–Kier alpha value is -1.44. The monoisotopic (exact) mass is 127 g/mol. The third-order valence-corrected chi connectivity index (χ3v) is 1.81. The molecular formula is C8H3N2. The van der Waals surface area contributed by atoms with Crippen LogP contribution in [0.15, 0.2) is 18.5 Å². The molecule has 45 valence electrons. The molecule has 2 nitrogen and oxygen atoms in total. The summed E-state index contributed by atoms with van der Waals surface area (Å²) in [6.07, 6.45) is 3.67.